The average molecular weight is 400 g/mol. The predicted octanol–water partition coefficient (Wildman–Crippen LogP) is 4.62. The molecule has 0 fully saturated rings. The summed E-state index contributed by atoms with van der Waals surface area (Å²) < 4.78 is 1.76. The molecule has 5 heteroatoms. The highest BCUT2D eigenvalue weighted by Gasteiger charge is 2.24. The third-order valence-corrected chi connectivity index (χ3v) is 6.56. The van der Waals surface area contributed by atoms with Crippen LogP contribution in [0.5, 0.6) is 0 Å². The minimum atomic E-state index is -0.287. The van der Waals surface area contributed by atoms with Crippen molar-refractivity contribution >= 4 is 22.5 Å². The summed E-state index contributed by atoms with van der Waals surface area (Å²) in [7, 11) is 0. The summed E-state index contributed by atoms with van der Waals surface area (Å²) in [5, 5.41) is 2.79. The summed E-state index contributed by atoms with van der Waals surface area (Å²) in [4.78, 5) is 17.4. The summed E-state index contributed by atoms with van der Waals surface area (Å²) in [5.41, 5.74) is 10.5. The van der Waals surface area contributed by atoms with Gasteiger partial charge in [0.05, 0.1) is 11.1 Å². The summed E-state index contributed by atoms with van der Waals surface area (Å²) in [6.07, 6.45) is 2.85. The summed E-state index contributed by atoms with van der Waals surface area (Å²) in [6, 6.07) is 24.2. The number of fused-ring (bicyclic) bond motifs is 2. The van der Waals surface area contributed by atoms with Crippen LogP contribution < -0.4 is 11.4 Å². The molecule has 0 saturated heterocycles. The number of aromatic nitrogens is 2. The van der Waals surface area contributed by atoms with Gasteiger partial charge in [0, 0.05) is 11.3 Å². The van der Waals surface area contributed by atoms with Gasteiger partial charge in [0.25, 0.3) is 0 Å². The average Bonchev–Trinajstić information content (AvgIpc) is 3.24. The SMILES string of the molecule is N[C@H](Sc1nc(=O)n(-c2ccccc2)c2c1CCC2)c1cccc2ccccc12. The van der Waals surface area contributed by atoms with E-state index in [1.807, 2.05) is 48.5 Å². The lowest BCUT2D eigenvalue weighted by molar-refractivity contribution is 0.801. The van der Waals surface area contributed by atoms with Crippen LogP contribution in [0.2, 0.25) is 0 Å². The minimum Gasteiger partial charge on any atom is -0.315 e. The van der Waals surface area contributed by atoms with Crippen LogP contribution in [0.15, 0.2) is 82.6 Å². The molecule has 1 heterocycles. The number of hydrogen-bond acceptors (Lipinski definition) is 4. The molecule has 1 aliphatic rings. The molecule has 1 aliphatic carbocycles. The predicted molar refractivity (Wildman–Crippen MR) is 119 cm³/mol. The van der Waals surface area contributed by atoms with Crippen LogP contribution in [0, 0.1) is 0 Å². The van der Waals surface area contributed by atoms with Gasteiger partial charge >= 0.3 is 5.69 Å². The lowest BCUT2D eigenvalue weighted by atomic mass is 10.0. The zero-order chi connectivity index (χ0) is 19.8. The molecule has 0 radical (unpaired) electrons. The number of thioether (sulfide) groups is 1. The normalized spacial score (nSPS) is 14.1. The maximum Gasteiger partial charge on any atom is 0.353 e. The third-order valence-electron chi connectivity index (χ3n) is 5.49. The molecule has 144 valence electrons. The van der Waals surface area contributed by atoms with Crippen molar-refractivity contribution in [2.24, 2.45) is 5.73 Å². The highest BCUT2D eigenvalue weighted by atomic mass is 32.2. The monoisotopic (exact) mass is 399 g/mol. The molecule has 0 bridgehead atoms. The number of nitrogens with two attached hydrogens (primary N) is 1. The van der Waals surface area contributed by atoms with E-state index in [-0.39, 0.29) is 11.1 Å². The zero-order valence-electron chi connectivity index (χ0n) is 15.9. The van der Waals surface area contributed by atoms with E-state index in [9.17, 15) is 4.79 Å². The van der Waals surface area contributed by atoms with Crippen molar-refractivity contribution in [3.63, 3.8) is 0 Å². The standard InChI is InChI=1S/C24H21N3OS/c25-22(19-13-6-9-16-8-4-5-12-18(16)19)29-23-20-14-7-15-21(20)27(24(28)26-23)17-10-2-1-3-11-17/h1-6,8-13,22H,7,14-15,25H2/t22-/m1/s1. The first kappa shape index (κ1) is 18.2. The molecule has 0 saturated carbocycles. The Morgan fingerprint density at radius 2 is 1.69 bits per heavy atom. The maximum atomic E-state index is 12.9. The van der Waals surface area contributed by atoms with Crippen LogP contribution in [-0.2, 0) is 12.8 Å². The van der Waals surface area contributed by atoms with Gasteiger partial charge < -0.3 is 5.73 Å². The second-order valence-electron chi connectivity index (χ2n) is 7.26. The number of benzene rings is 3. The molecule has 4 nitrogen and oxygen atoms in total. The van der Waals surface area contributed by atoms with Crippen molar-refractivity contribution in [2.45, 2.75) is 29.7 Å². The fourth-order valence-electron chi connectivity index (χ4n) is 4.15. The second kappa shape index (κ2) is 7.50. The maximum absolute atomic E-state index is 12.9. The Balaban J connectivity index is 1.57. The van der Waals surface area contributed by atoms with Gasteiger partial charge in [-0.05, 0) is 47.7 Å². The van der Waals surface area contributed by atoms with Crippen molar-refractivity contribution in [1.82, 2.24) is 9.55 Å². The van der Waals surface area contributed by atoms with Gasteiger partial charge in [0.15, 0.2) is 0 Å². The van der Waals surface area contributed by atoms with E-state index in [1.165, 1.54) is 17.1 Å². The lowest BCUT2D eigenvalue weighted by Crippen LogP contribution is -2.26. The Morgan fingerprint density at radius 3 is 2.55 bits per heavy atom. The van der Waals surface area contributed by atoms with E-state index in [0.717, 1.165) is 52.2 Å². The van der Waals surface area contributed by atoms with Crippen molar-refractivity contribution in [3.05, 3.63) is 100 Å². The Kier molecular flexibility index (Phi) is 4.70. The largest absolute Gasteiger partial charge is 0.353 e. The van der Waals surface area contributed by atoms with Crippen LogP contribution in [0.1, 0.15) is 28.6 Å². The van der Waals surface area contributed by atoms with E-state index in [1.54, 1.807) is 4.57 Å². The molecular formula is C24H21N3OS. The van der Waals surface area contributed by atoms with Gasteiger partial charge in [0.2, 0.25) is 0 Å². The molecule has 29 heavy (non-hydrogen) atoms. The highest BCUT2D eigenvalue weighted by molar-refractivity contribution is 7.99. The van der Waals surface area contributed by atoms with Crippen LogP contribution in [0.3, 0.4) is 0 Å². The van der Waals surface area contributed by atoms with Crippen LogP contribution in [-0.4, -0.2) is 9.55 Å². The summed E-state index contributed by atoms with van der Waals surface area (Å²) in [5.74, 6) is 0. The van der Waals surface area contributed by atoms with E-state index in [0.29, 0.717) is 0 Å². The van der Waals surface area contributed by atoms with Crippen LogP contribution in [0.4, 0.5) is 0 Å². The molecule has 0 aliphatic heterocycles. The fraction of sp³-hybridized carbons (Fsp3) is 0.167. The Hall–Kier alpha value is -2.89. The number of nitrogens with zero attached hydrogens (tertiary/aromatic N) is 2. The number of rotatable bonds is 4. The van der Waals surface area contributed by atoms with Gasteiger partial charge in [-0.1, -0.05) is 72.4 Å². The Labute approximate surface area is 173 Å². The first-order chi connectivity index (χ1) is 14.2. The lowest BCUT2D eigenvalue weighted by Gasteiger charge is -2.18. The quantitative estimate of drug-likeness (QED) is 0.309. The molecule has 0 unspecified atom stereocenters. The molecule has 0 spiro atoms. The van der Waals surface area contributed by atoms with Gasteiger partial charge in [-0.2, -0.15) is 4.98 Å². The van der Waals surface area contributed by atoms with E-state index in [2.05, 4.69) is 29.2 Å². The van der Waals surface area contributed by atoms with E-state index < -0.39 is 0 Å². The highest BCUT2D eigenvalue weighted by Crippen LogP contribution is 2.38. The Bertz CT molecular complexity index is 1240. The first-order valence-corrected chi connectivity index (χ1v) is 10.7. The Morgan fingerprint density at radius 1 is 0.931 bits per heavy atom. The molecule has 2 N–H and O–H groups in total. The van der Waals surface area contributed by atoms with E-state index >= 15 is 0 Å². The van der Waals surface area contributed by atoms with Gasteiger partial charge in [0.1, 0.15) is 5.03 Å². The molecule has 4 aromatic rings. The summed E-state index contributed by atoms with van der Waals surface area (Å²) in [6.45, 7) is 0. The molecule has 1 atom stereocenters. The van der Waals surface area contributed by atoms with Gasteiger partial charge in [-0.25, -0.2) is 4.79 Å². The minimum absolute atomic E-state index is 0.232. The fourth-order valence-corrected chi connectivity index (χ4v) is 5.21. The summed E-state index contributed by atoms with van der Waals surface area (Å²) >= 11 is 1.49. The third kappa shape index (κ3) is 3.26. The molecule has 1 aromatic heterocycles. The topological polar surface area (TPSA) is 60.9 Å². The molecule has 3 aromatic carbocycles. The smallest absolute Gasteiger partial charge is 0.315 e. The van der Waals surface area contributed by atoms with Crippen molar-refractivity contribution in [1.29, 1.82) is 0 Å². The number of para-hydroxylation sites is 1. The first-order valence-electron chi connectivity index (χ1n) is 9.82. The molecule has 0 amide bonds. The van der Waals surface area contributed by atoms with Crippen molar-refractivity contribution < 1.29 is 0 Å². The zero-order valence-corrected chi connectivity index (χ0v) is 16.7. The van der Waals surface area contributed by atoms with Gasteiger partial charge in [-0.15, -0.1) is 0 Å². The molecule has 5 rings (SSSR count). The molecular weight excluding hydrogens is 378 g/mol. The second-order valence-corrected chi connectivity index (χ2v) is 8.39. The van der Waals surface area contributed by atoms with Crippen molar-refractivity contribution in [3.8, 4) is 5.69 Å². The van der Waals surface area contributed by atoms with Crippen LogP contribution in [0.25, 0.3) is 16.5 Å². The van der Waals surface area contributed by atoms with Crippen LogP contribution >= 0.6 is 11.8 Å². The van der Waals surface area contributed by atoms with E-state index in [4.69, 9.17) is 5.73 Å². The van der Waals surface area contributed by atoms with Gasteiger partial charge in [-0.3, -0.25) is 4.57 Å². The van der Waals surface area contributed by atoms with Crippen molar-refractivity contribution in [2.75, 3.05) is 0 Å². The number of hydrogen-bond donors (Lipinski definition) is 1.